The highest BCUT2D eigenvalue weighted by molar-refractivity contribution is 7.99. The summed E-state index contributed by atoms with van der Waals surface area (Å²) in [5.41, 5.74) is 1.97. The number of likely N-dealkylation sites (tertiary alicyclic amines) is 1. The summed E-state index contributed by atoms with van der Waals surface area (Å²) in [6, 6.07) is 0.561. The smallest absolute Gasteiger partial charge is 0.317 e. The van der Waals surface area contributed by atoms with Gasteiger partial charge in [-0.2, -0.15) is 0 Å². The molecular weight excluding hydrogens is 376 g/mol. The number of aromatic nitrogens is 1. The SMILES string of the molecule is Cc1noc(C)c1CSCC(=O)NC1CCN(C(=O)NC2CCCCC2)CC1. The Balaban J connectivity index is 1.32. The summed E-state index contributed by atoms with van der Waals surface area (Å²) < 4.78 is 5.15. The summed E-state index contributed by atoms with van der Waals surface area (Å²) >= 11 is 1.57. The molecule has 0 atom stereocenters. The lowest BCUT2D eigenvalue weighted by atomic mass is 9.95. The highest BCUT2D eigenvalue weighted by Gasteiger charge is 2.25. The predicted molar refractivity (Wildman–Crippen MR) is 110 cm³/mol. The van der Waals surface area contributed by atoms with Gasteiger partial charge in [0.05, 0.1) is 11.4 Å². The molecule has 2 N–H and O–H groups in total. The number of carbonyl (C=O) groups is 2. The molecule has 3 rings (SSSR count). The predicted octanol–water partition coefficient (Wildman–Crippen LogP) is 3.15. The van der Waals surface area contributed by atoms with Crippen LogP contribution in [0.1, 0.15) is 62.0 Å². The number of urea groups is 1. The van der Waals surface area contributed by atoms with Crippen molar-refractivity contribution in [3.05, 3.63) is 17.0 Å². The van der Waals surface area contributed by atoms with Gasteiger partial charge in [0.1, 0.15) is 5.76 Å². The van der Waals surface area contributed by atoms with Crippen LogP contribution in [0.25, 0.3) is 0 Å². The van der Waals surface area contributed by atoms with E-state index in [4.69, 9.17) is 4.52 Å². The second-order valence-electron chi connectivity index (χ2n) is 7.91. The maximum Gasteiger partial charge on any atom is 0.317 e. The third-order valence-corrected chi connectivity index (χ3v) is 6.70. The fourth-order valence-corrected chi connectivity index (χ4v) is 4.95. The lowest BCUT2D eigenvalue weighted by molar-refractivity contribution is -0.119. The molecule has 0 radical (unpaired) electrons. The van der Waals surface area contributed by atoms with E-state index in [1.165, 1.54) is 19.3 Å². The van der Waals surface area contributed by atoms with Gasteiger partial charge < -0.3 is 20.1 Å². The zero-order valence-electron chi connectivity index (χ0n) is 17.0. The number of nitrogens with one attached hydrogen (secondary N) is 2. The average Bonchev–Trinajstić information content (AvgIpc) is 3.01. The Bertz CT molecular complexity index is 645. The monoisotopic (exact) mass is 408 g/mol. The fourth-order valence-electron chi connectivity index (χ4n) is 3.96. The molecule has 2 heterocycles. The number of nitrogens with zero attached hydrogens (tertiary/aromatic N) is 2. The summed E-state index contributed by atoms with van der Waals surface area (Å²) in [5, 5.41) is 10.2. The Morgan fingerprint density at radius 2 is 1.75 bits per heavy atom. The normalized spacial score (nSPS) is 18.9. The van der Waals surface area contributed by atoms with Crippen LogP contribution in [0.2, 0.25) is 0 Å². The van der Waals surface area contributed by atoms with Crippen molar-refractivity contribution in [2.24, 2.45) is 0 Å². The van der Waals surface area contributed by atoms with Gasteiger partial charge in [-0.25, -0.2) is 4.79 Å². The molecule has 28 heavy (non-hydrogen) atoms. The molecule has 7 nitrogen and oxygen atoms in total. The molecule has 156 valence electrons. The van der Waals surface area contributed by atoms with Crippen LogP contribution in [0.5, 0.6) is 0 Å². The molecule has 0 bridgehead atoms. The van der Waals surface area contributed by atoms with Crippen molar-refractivity contribution in [1.82, 2.24) is 20.7 Å². The van der Waals surface area contributed by atoms with Crippen molar-refractivity contribution < 1.29 is 14.1 Å². The van der Waals surface area contributed by atoms with E-state index in [2.05, 4.69) is 15.8 Å². The maximum atomic E-state index is 12.4. The number of thioether (sulfide) groups is 1. The van der Waals surface area contributed by atoms with Gasteiger partial charge in [-0.3, -0.25) is 4.79 Å². The van der Waals surface area contributed by atoms with E-state index in [-0.39, 0.29) is 18.0 Å². The number of hydrogen-bond donors (Lipinski definition) is 2. The summed E-state index contributed by atoms with van der Waals surface area (Å²) in [4.78, 5) is 26.5. The van der Waals surface area contributed by atoms with Gasteiger partial charge in [-0.05, 0) is 39.5 Å². The number of amides is 3. The van der Waals surface area contributed by atoms with Gasteiger partial charge in [-0.1, -0.05) is 24.4 Å². The van der Waals surface area contributed by atoms with Crippen molar-refractivity contribution in [3.8, 4) is 0 Å². The third-order valence-electron chi connectivity index (χ3n) is 5.74. The van der Waals surface area contributed by atoms with Gasteiger partial charge in [0.15, 0.2) is 0 Å². The summed E-state index contributed by atoms with van der Waals surface area (Å²) in [5.74, 6) is 2.03. The first-order valence-corrected chi connectivity index (χ1v) is 11.5. The molecule has 1 saturated heterocycles. The largest absolute Gasteiger partial charge is 0.361 e. The standard InChI is InChI=1S/C20H32N4O3S/c1-14-18(15(2)27-23-14)12-28-13-19(25)21-17-8-10-24(11-9-17)20(26)22-16-6-4-3-5-7-16/h16-17H,3-13H2,1-2H3,(H,21,25)(H,22,26). The third kappa shape index (κ3) is 5.90. The second kappa shape index (κ2) is 10.2. The molecule has 0 spiro atoms. The molecule has 1 saturated carbocycles. The lowest BCUT2D eigenvalue weighted by Gasteiger charge is -2.34. The Morgan fingerprint density at radius 3 is 2.39 bits per heavy atom. The van der Waals surface area contributed by atoms with Crippen LogP contribution in [0, 0.1) is 13.8 Å². The van der Waals surface area contributed by atoms with Gasteiger partial charge in [0.2, 0.25) is 5.91 Å². The Hall–Kier alpha value is -1.70. The van der Waals surface area contributed by atoms with E-state index < -0.39 is 0 Å². The van der Waals surface area contributed by atoms with Crippen LogP contribution < -0.4 is 10.6 Å². The lowest BCUT2D eigenvalue weighted by Crippen LogP contribution is -2.51. The minimum atomic E-state index is 0.0573. The maximum absolute atomic E-state index is 12.4. The van der Waals surface area contributed by atoms with Crippen molar-refractivity contribution in [2.75, 3.05) is 18.8 Å². The van der Waals surface area contributed by atoms with Crippen LogP contribution in [-0.2, 0) is 10.5 Å². The first-order chi connectivity index (χ1) is 13.5. The molecule has 1 aliphatic carbocycles. The second-order valence-corrected chi connectivity index (χ2v) is 8.89. The molecule has 0 unspecified atom stereocenters. The molecule has 3 amide bonds. The van der Waals surface area contributed by atoms with Crippen molar-refractivity contribution >= 4 is 23.7 Å². The zero-order valence-corrected chi connectivity index (χ0v) is 17.8. The number of aryl methyl sites for hydroxylation is 2. The number of carbonyl (C=O) groups excluding carboxylic acids is 2. The van der Waals surface area contributed by atoms with Crippen molar-refractivity contribution in [2.45, 2.75) is 76.6 Å². The topological polar surface area (TPSA) is 87.5 Å². The summed E-state index contributed by atoms with van der Waals surface area (Å²) in [7, 11) is 0. The van der Waals surface area contributed by atoms with Gasteiger partial charge in [0, 0.05) is 36.5 Å². The minimum absolute atomic E-state index is 0.0573. The first kappa shape index (κ1) is 21.0. The van der Waals surface area contributed by atoms with Gasteiger partial charge in [-0.15, -0.1) is 11.8 Å². The quantitative estimate of drug-likeness (QED) is 0.755. The van der Waals surface area contributed by atoms with E-state index in [0.717, 1.165) is 48.5 Å². The van der Waals surface area contributed by atoms with Crippen LogP contribution in [0.4, 0.5) is 4.79 Å². The van der Waals surface area contributed by atoms with Crippen molar-refractivity contribution in [3.63, 3.8) is 0 Å². The molecule has 1 aliphatic heterocycles. The number of piperidine rings is 1. The fraction of sp³-hybridized carbons (Fsp3) is 0.750. The highest BCUT2D eigenvalue weighted by atomic mass is 32.2. The van der Waals surface area contributed by atoms with Crippen LogP contribution in [0.15, 0.2) is 4.52 Å². The summed E-state index contributed by atoms with van der Waals surface area (Å²) in [6.45, 7) is 5.23. The molecule has 8 heteroatoms. The van der Waals surface area contributed by atoms with Crippen molar-refractivity contribution in [1.29, 1.82) is 0 Å². The van der Waals surface area contributed by atoms with Crippen LogP contribution >= 0.6 is 11.8 Å². The van der Waals surface area contributed by atoms with E-state index >= 15 is 0 Å². The Kier molecular flexibility index (Phi) is 7.65. The molecule has 1 aromatic heterocycles. The van der Waals surface area contributed by atoms with Crippen LogP contribution in [-0.4, -0.2) is 52.9 Å². The zero-order chi connectivity index (χ0) is 19.9. The van der Waals surface area contributed by atoms with Gasteiger partial charge in [0.25, 0.3) is 0 Å². The Morgan fingerprint density at radius 1 is 1.07 bits per heavy atom. The molecule has 1 aromatic rings. The number of rotatable bonds is 6. The van der Waals surface area contributed by atoms with Gasteiger partial charge >= 0.3 is 6.03 Å². The van der Waals surface area contributed by atoms with E-state index in [9.17, 15) is 9.59 Å². The molecule has 0 aromatic carbocycles. The Labute approximate surface area is 171 Å². The van der Waals surface area contributed by atoms with E-state index in [1.807, 2.05) is 18.7 Å². The summed E-state index contributed by atoms with van der Waals surface area (Å²) in [6.07, 6.45) is 7.55. The first-order valence-electron chi connectivity index (χ1n) is 10.4. The molecule has 2 fully saturated rings. The minimum Gasteiger partial charge on any atom is -0.361 e. The van der Waals surface area contributed by atoms with E-state index in [0.29, 0.717) is 24.9 Å². The molecular formula is C20H32N4O3S. The van der Waals surface area contributed by atoms with E-state index in [1.54, 1.807) is 11.8 Å². The highest BCUT2D eigenvalue weighted by Crippen LogP contribution is 2.20. The number of hydrogen-bond acceptors (Lipinski definition) is 5. The molecule has 2 aliphatic rings. The average molecular weight is 409 g/mol. The van der Waals surface area contributed by atoms with Crippen LogP contribution in [0.3, 0.4) is 0 Å².